The fourth-order valence-electron chi connectivity index (χ4n) is 2.81. The zero-order chi connectivity index (χ0) is 18.1. The zero-order valence-corrected chi connectivity index (χ0v) is 12.9. The Morgan fingerprint density at radius 2 is 2.25 bits per heavy atom. The smallest absolute Gasteiger partial charge is 0.382 e. The van der Waals surface area contributed by atoms with E-state index in [-0.39, 0.29) is 31.7 Å². The van der Waals surface area contributed by atoms with E-state index in [4.69, 9.17) is 0 Å². The topological polar surface area (TPSA) is 102 Å². The van der Waals surface area contributed by atoms with Crippen molar-refractivity contribution in [3.05, 3.63) is 22.1 Å². The summed E-state index contributed by atoms with van der Waals surface area (Å²) in [4.78, 5) is 26.9. The van der Waals surface area contributed by atoms with Gasteiger partial charge in [0, 0.05) is 26.4 Å². The molecule has 2 heterocycles. The fraction of sp³-hybridized carbons (Fsp3) is 0.692. The molecule has 1 amide bonds. The first kappa shape index (κ1) is 18.2. The van der Waals surface area contributed by atoms with Crippen LogP contribution < -0.4 is 0 Å². The van der Waals surface area contributed by atoms with Crippen LogP contribution in [-0.4, -0.2) is 55.3 Å². The Balaban J connectivity index is 2.00. The molecule has 24 heavy (non-hydrogen) atoms. The SMILES string of the molecule is Cc1nc([N+](=O)[O-])cn1CCC(=O)N1CCCC1C(O)C(F)(F)F. The van der Waals surface area contributed by atoms with Crippen molar-refractivity contribution >= 4 is 11.7 Å². The van der Waals surface area contributed by atoms with Gasteiger partial charge in [-0.25, -0.2) is 0 Å². The number of aryl methyl sites for hydroxylation is 2. The predicted octanol–water partition coefficient (Wildman–Crippen LogP) is 1.40. The van der Waals surface area contributed by atoms with Crippen molar-refractivity contribution in [3.8, 4) is 0 Å². The maximum absolute atomic E-state index is 12.7. The van der Waals surface area contributed by atoms with E-state index in [1.807, 2.05) is 0 Å². The van der Waals surface area contributed by atoms with Gasteiger partial charge in [-0.15, -0.1) is 0 Å². The van der Waals surface area contributed by atoms with Crippen molar-refractivity contribution < 1.29 is 28.0 Å². The molecule has 0 aliphatic carbocycles. The van der Waals surface area contributed by atoms with Crippen molar-refractivity contribution in [2.24, 2.45) is 0 Å². The van der Waals surface area contributed by atoms with Gasteiger partial charge in [0.2, 0.25) is 11.7 Å². The summed E-state index contributed by atoms with van der Waals surface area (Å²) in [5.74, 6) is -0.550. The highest BCUT2D eigenvalue weighted by Gasteiger charge is 2.48. The molecule has 1 N–H and O–H groups in total. The standard InChI is InChI=1S/C13H17F3N4O4/c1-8-17-10(20(23)24)7-18(8)6-4-11(21)19-5-2-3-9(19)12(22)13(14,15)16/h7,9,12,22H,2-6H2,1H3. The monoisotopic (exact) mass is 350 g/mol. The van der Waals surface area contributed by atoms with Crippen molar-refractivity contribution in [1.29, 1.82) is 0 Å². The van der Waals surface area contributed by atoms with Crippen molar-refractivity contribution in [2.45, 2.75) is 51.1 Å². The molecule has 0 spiro atoms. The van der Waals surface area contributed by atoms with Gasteiger partial charge in [-0.3, -0.25) is 4.79 Å². The van der Waals surface area contributed by atoms with Gasteiger partial charge in [0.15, 0.2) is 6.10 Å². The minimum atomic E-state index is -4.78. The summed E-state index contributed by atoms with van der Waals surface area (Å²) in [5, 5.41) is 20.0. The van der Waals surface area contributed by atoms with Crippen LogP contribution in [0.2, 0.25) is 0 Å². The van der Waals surface area contributed by atoms with Crippen LogP contribution in [0.5, 0.6) is 0 Å². The lowest BCUT2D eigenvalue weighted by molar-refractivity contribution is -0.389. The molecule has 1 saturated heterocycles. The molecule has 1 fully saturated rings. The van der Waals surface area contributed by atoms with E-state index in [9.17, 15) is 33.2 Å². The maximum Gasteiger partial charge on any atom is 0.416 e. The summed E-state index contributed by atoms with van der Waals surface area (Å²) in [5.41, 5.74) is 0. The molecule has 8 nitrogen and oxygen atoms in total. The van der Waals surface area contributed by atoms with Crippen LogP contribution in [0.3, 0.4) is 0 Å². The normalized spacial score (nSPS) is 19.5. The van der Waals surface area contributed by atoms with Crippen molar-refractivity contribution in [1.82, 2.24) is 14.5 Å². The highest BCUT2D eigenvalue weighted by Crippen LogP contribution is 2.31. The molecule has 11 heteroatoms. The number of likely N-dealkylation sites (tertiary alicyclic amines) is 1. The molecule has 134 valence electrons. The first-order valence-electron chi connectivity index (χ1n) is 7.33. The summed E-state index contributed by atoms with van der Waals surface area (Å²) in [6, 6.07) is -1.28. The number of carbonyl (C=O) groups is 1. The van der Waals surface area contributed by atoms with Crippen molar-refractivity contribution in [2.75, 3.05) is 6.54 Å². The van der Waals surface area contributed by atoms with Gasteiger partial charge >= 0.3 is 12.0 Å². The molecule has 2 atom stereocenters. The number of carbonyl (C=O) groups excluding carboxylic acids is 1. The number of hydrogen-bond acceptors (Lipinski definition) is 5. The van der Waals surface area contributed by atoms with E-state index in [0.29, 0.717) is 12.2 Å². The number of halogens is 3. The summed E-state index contributed by atoms with van der Waals surface area (Å²) in [7, 11) is 0. The number of imidazole rings is 1. The van der Waals surface area contributed by atoms with Crippen LogP contribution >= 0.6 is 0 Å². The zero-order valence-electron chi connectivity index (χ0n) is 12.9. The Kier molecular flexibility index (Phi) is 5.11. The summed E-state index contributed by atoms with van der Waals surface area (Å²) >= 11 is 0. The molecule has 1 aromatic heterocycles. The van der Waals surface area contributed by atoms with E-state index < -0.39 is 29.2 Å². The average Bonchev–Trinajstić information content (AvgIpc) is 3.09. The van der Waals surface area contributed by atoms with Crippen LogP contribution in [0.1, 0.15) is 25.1 Å². The Morgan fingerprint density at radius 3 is 2.79 bits per heavy atom. The number of aliphatic hydroxyl groups excluding tert-OH is 1. The third-order valence-electron chi connectivity index (χ3n) is 4.04. The molecule has 1 aliphatic heterocycles. The average molecular weight is 350 g/mol. The number of alkyl halides is 3. The number of aromatic nitrogens is 2. The van der Waals surface area contributed by atoms with E-state index in [2.05, 4.69) is 4.98 Å². The first-order chi connectivity index (χ1) is 11.1. The van der Waals surface area contributed by atoms with Gasteiger partial charge in [-0.1, -0.05) is 0 Å². The minimum absolute atomic E-state index is 0.0663. The highest BCUT2D eigenvalue weighted by molar-refractivity contribution is 5.76. The second-order valence-electron chi connectivity index (χ2n) is 5.63. The molecule has 1 aromatic rings. The molecule has 0 radical (unpaired) electrons. The Hall–Kier alpha value is -2.17. The Bertz CT molecular complexity index is 631. The lowest BCUT2D eigenvalue weighted by atomic mass is 10.1. The number of hydrogen-bond donors (Lipinski definition) is 1. The van der Waals surface area contributed by atoms with Crippen LogP contribution in [-0.2, 0) is 11.3 Å². The number of aliphatic hydroxyl groups is 1. The molecule has 0 saturated carbocycles. The lowest BCUT2D eigenvalue weighted by Crippen LogP contribution is -2.49. The molecular weight excluding hydrogens is 333 g/mol. The van der Waals surface area contributed by atoms with Gasteiger partial charge in [-0.2, -0.15) is 13.2 Å². The molecule has 0 bridgehead atoms. The molecule has 1 aliphatic rings. The largest absolute Gasteiger partial charge is 0.416 e. The predicted molar refractivity (Wildman–Crippen MR) is 75.0 cm³/mol. The number of amides is 1. The third kappa shape index (κ3) is 3.83. The van der Waals surface area contributed by atoms with Gasteiger partial charge in [0.25, 0.3) is 0 Å². The Labute approximate surface area is 135 Å². The third-order valence-corrected chi connectivity index (χ3v) is 4.04. The quantitative estimate of drug-likeness (QED) is 0.639. The number of rotatable bonds is 5. The molecule has 2 unspecified atom stereocenters. The summed E-state index contributed by atoms with van der Waals surface area (Å²) < 4.78 is 39.4. The highest BCUT2D eigenvalue weighted by atomic mass is 19.4. The van der Waals surface area contributed by atoms with Gasteiger partial charge in [0.05, 0.1) is 6.04 Å². The second-order valence-corrected chi connectivity index (χ2v) is 5.63. The first-order valence-corrected chi connectivity index (χ1v) is 7.33. The van der Waals surface area contributed by atoms with Crippen LogP contribution in [0.15, 0.2) is 6.20 Å². The van der Waals surface area contributed by atoms with Gasteiger partial charge < -0.3 is 24.7 Å². The van der Waals surface area contributed by atoms with Crippen molar-refractivity contribution in [3.63, 3.8) is 0 Å². The van der Waals surface area contributed by atoms with E-state index in [0.717, 1.165) is 4.90 Å². The van der Waals surface area contributed by atoms with Gasteiger partial charge in [0.1, 0.15) is 6.20 Å². The second kappa shape index (κ2) is 6.75. The van der Waals surface area contributed by atoms with Crippen LogP contribution in [0.25, 0.3) is 0 Å². The minimum Gasteiger partial charge on any atom is -0.382 e. The van der Waals surface area contributed by atoms with Crippen LogP contribution in [0, 0.1) is 17.0 Å². The van der Waals surface area contributed by atoms with Gasteiger partial charge in [-0.05, 0) is 22.7 Å². The number of nitro groups is 1. The lowest BCUT2D eigenvalue weighted by Gasteiger charge is -2.29. The van der Waals surface area contributed by atoms with E-state index >= 15 is 0 Å². The maximum atomic E-state index is 12.7. The summed E-state index contributed by atoms with van der Waals surface area (Å²) in [6.45, 7) is 1.75. The van der Waals surface area contributed by atoms with E-state index in [1.54, 1.807) is 0 Å². The summed E-state index contributed by atoms with van der Waals surface area (Å²) in [6.07, 6.45) is -5.83. The molecule has 0 aromatic carbocycles. The molecular formula is C13H17F3N4O4. The fourth-order valence-corrected chi connectivity index (χ4v) is 2.81. The Morgan fingerprint density at radius 1 is 1.58 bits per heavy atom. The molecule has 2 rings (SSSR count). The van der Waals surface area contributed by atoms with Crippen LogP contribution in [0.4, 0.5) is 19.0 Å². The number of nitrogens with zero attached hydrogens (tertiary/aromatic N) is 4. The van der Waals surface area contributed by atoms with E-state index in [1.165, 1.54) is 17.7 Å².